The van der Waals surface area contributed by atoms with Crippen molar-refractivity contribution < 1.29 is 24.0 Å². The number of benzene rings is 2. The van der Waals surface area contributed by atoms with Crippen LogP contribution in [-0.4, -0.2) is 64.5 Å². The Kier molecular flexibility index (Phi) is 9.32. The number of nitrogens with one attached hydrogen (secondary N) is 3. The predicted octanol–water partition coefficient (Wildman–Crippen LogP) is 3.57. The zero-order chi connectivity index (χ0) is 32.3. The lowest BCUT2D eigenvalue weighted by molar-refractivity contribution is -0.143. The fourth-order valence-electron chi connectivity index (χ4n) is 6.64. The third-order valence-electron chi connectivity index (χ3n) is 9.05. The molecule has 5 rings (SSSR count). The highest BCUT2D eigenvalue weighted by Gasteiger charge is 2.51. The summed E-state index contributed by atoms with van der Waals surface area (Å²) in [6.07, 6.45) is 4.20. The van der Waals surface area contributed by atoms with Crippen LogP contribution in [0, 0.1) is 17.3 Å². The number of nitrogens with zero attached hydrogens (tertiary/aromatic N) is 2. The molecule has 2 fully saturated rings. The molecule has 3 aromatic rings. The van der Waals surface area contributed by atoms with Gasteiger partial charge < -0.3 is 20.9 Å². The molecule has 0 unspecified atom stereocenters. The van der Waals surface area contributed by atoms with Gasteiger partial charge in [0.25, 0.3) is 11.8 Å². The summed E-state index contributed by atoms with van der Waals surface area (Å²) in [5.74, 6) is -2.67. The Balaban J connectivity index is 1.29. The first-order valence-corrected chi connectivity index (χ1v) is 15.6. The van der Waals surface area contributed by atoms with Gasteiger partial charge in [-0.15, -0.1) is 0 Å². The predicted molar refractivity (Wildman–Crippen MR) is 170 cm³/mol. The Morgan fingerprint density at radius 1 is 0.933 bits per heavy atom. The number of carbonyl (C=O) groups excluding carboxylic acids is 5. The van der Waals surface area contributed by atoms with E-state index >= 15 is 0 Å². The smallest absolute Gasteiger partial charge is 0.289 e. The third kappa shape index (κ3) is 6.90. The number of likely N-dealkylation sites (tertiary alicyclic amines) is 1. The van der Waals surface area contributed by atoms with Crippen molar-refractivity contribution >= 4 is 40.3 Å². The van der Waals surface area contributed by atoms with E-state index in [9.17, 15) is 24.0 Å². The van der Waals surface area contributed by atoms with E-state index < -0.39 is 47.5 Å². The highest BCUT2D eigenvalue weighted by Crippen LogP contribution is 2.43. The summed E-state index contributed by atoms with van der Waals surface area (Å²) >= 11 is 0. The maximum absolute atomic E-state index is 14.3. The Bertz CT molecular complexity index is 1600. The molecule has 1 saturated carbocycles. The van der Waals surface area contributed by atoms with E-state index in [4.69, 9.17) is 0 Å². The van der Waals surface area contributed by atoms with Crippen molar-refractivity contribution in [3.05, 3.63) is 78.0 Å². The first-order chi connectivity index (χ1) is 21.5. The molecule has 0 radical (unpaired) electrons. The summed E-state index contributed by atoms with van der Waals surface area (Å²) in [6, 6.07) is 16.1. The average Bonchev–Trinajstić information content (AvgIpc) is 3.63. The van der Waals surface area contributed by atoms with Crippen molar-refractivity contribution in [2.24, 2.45) is 17.3 Å². The standard InChI is InChI=1S/C35H41N5O5/c1-21(22-11-6-5-7-12-22)38-32(43)28(41)19-37-33(44)29-24-15-10-13-23(24)20-40(29)34(45)30(35(2,3)4)39-31(42)26-17-18-36-27-16-9-8-14-25(26)27/h5-9,11-12,14,16-18,21,23-24,29-30H,10,13,15,19-20H2,1-4H3,(H,37,44)(H,38,43)(H,39,42)/t21-,23-,24-,29-,30+/m0/s1. The average molecular weight is 612 g/mol. The molecule has 2 aliphatic rings. The van der Waals surface area contributed by atoms with Gasteiger partial charge in [-0.1, -0.05) is 75.7 Å². The van der Waals surface area contributed by atoms with Gasteiger partial charge in [-0.3, -0.25) is 29.0 Å². The number of para-hydroxylation sites is 1. The number of hydrogen-bond acceptors (Lipinski definition) is 6. The first-order valence-electron chi connectivity index (χ1n) is 15.6. The monoisotopic (exact) mass is 611 g/mol. The molecule has 1 saturated heterocycles. The van der Waals surface area contributed by atoms with E-state index in [1.807, 2.05) is 75.4 Å². The van der Waals surface area contributed by atoms with E-state index in [1.54, 1.807) is 24.1 Å². The van der Waals surface area contributed by atoms with E-state index in [-0.39, 0.29) is 23.8 Å². The minimum Gasteiger partial charge on any atom is -0.347 e. The molecule has 10 nitrogen and oxygen atoms in total. The molecule has 0 spiro atoms. The van der Waals surface area contributed by atoms with Crippen molar-refractivity contribution in [3.63, 3.8) is 0 Å². The van der Waals surface area contributed by atoms with Gasteiger partial charge in [-0.2, -0.15) is 0 Å². The van der Waals surface area contributed by atoms with Gasteiger partial charge in [-0.25, -0.2) is 0 Å². The molecule has 45 heavy (non-hydrogen) atoms. The Morgan fingerprint density at radius 3 is 2.38 bits per heavy atom. The minimum atomic E-state index is -0.919. The molecule has 2 heterocycles. The lowest BCUT2D eigenvalue weighted by Crippen LogP contribution is -2.58. The Morgan fingerprint density at radius 2 is 1.64 bits per heavy atom. The maximum atomic E-state index is 14.3. The summed E-state index contributed by atoms with van der Waals surface area (Å²) in [5, 5.41) is 8.97. The largest absolute Gasteiger partial charge is 0.347 e. The number of hydrogen-bond donors (Lipinski definition) is 3. The minimum absolute atomic E-state index is 0.0588. The summed E-state index contributed by atoms with van der Waals surface area (Å²) in [4.78, 5) is 72.7. The molecule has 236 valence electrons. The molecule has 1 aromatic heterocycles. The quantitative estimate of drug-likeness (QED) is 0.317. The van der Waals surface area contributed by atoms with Crippen LogP contribution < -0.4 is 16.0 Å². The topological polar surface area (TPSA) is 138 Å². The van der Waals surface area contributed by atoms with Crippen LogP contribution in [0.5, 0.6) is 0 Å². The molecule has 4 amide bonds. The van der Waals surface area contributed by atoms with Crippen LogP contribution in [0.1, 0.15) is 68.9 Å². The van der Waals surface area contributed by atoms with Crippen molar-refractivity contribution in [1.29, 1.82) is 0 Å². The molecule has 3 N–H and O–H groups in total. The van der Waals surface area contributed by atoms with E-state index in [0.29, 0.717) is 23.0 Å². The zero-order valence-corrected chi connectivity index (χ0v) is 26.2. The first kappa shape index (κ1) is 31.8. The van der Waals surface area contributed by atoms with Gasteiger partial charge >= 0.3 is 0 Å². The van der Waals surface area contributed by atoms with Crippen LogP contribution in [0.4, 0.5) is 0 Å². The Labute approximate surface area is 263 Å². The summed E-state index contributed by atoms with van der Waals surface area (Å²) < 4.78 is 0. The van der Waals surface area contributed by atoms with E-state index in [1.165, 1.54) is 0 Å². The van der Waals surface area contributed by atoms with Crippen LogP contribution in [0.15, 0.2) is 66.9 Å². The van der Waals surface area contributed by atoms with Crippen LogP contribution >= 0.6 is 0 Å². The maximum Gasteiger partial charge on any atom is 0.289 e. The summed E-state index contributed by atoms with van der Waals surface area (Å²) in [6.45, 7) is 7.32. The van der Waals surface area contributed by atoms with Gasteiger partial charge in [0.05, 0.1) is 23.7 Å². The third-order valence-corrected chi connectivity index (χ3v) is 9.05. The lowest BCUT2D eigenvalue weighted by atomic mass is 9.85. The molecular weight excluding hydrogens is 570 g/mol. The molecule has 0 bridgehead atoms. The molecule has 1 aliphatic carbocycles. The SMILES string of the molecule is C[C@H](NC(=O)C(=O)CNC(=O)[C@@H]1[C@H]2CCC[C@H]2CN1C(=O)[C@@H](NC(=O)c1ccnc2ccccc12)C(C)(C)C)c1ccccc1. The van der Waals surface area contributed by atoms with Crippen LogP contribution in [0.25, 0.3) is 10.9 Å². The number of ketones is 1. The van der Waals surface area contributed by atoms with Crippen LogP contribution in [0.2, 0.25) is 0 Å². The fourth-order valence-corrected chi connectivity index (χ4v) is 6.64. The Hall–Kier alpha value is -4.60. The van der Waals surface area contributed by atoms with Crippen molar-refractivity contribution in [2.45, 2.75) is 65.1 Å². The number of fused-ring (bicyclic) bond motifs is 2. The van der Waals surface area contributed by atoms with E-state index in [0.717, 1.165) is 24.8 Å². The summed E-state index contributed by atoms with van der Waals surface area (Å²) in [5.41, 5.74) is 1.27. The van der Waals surface area contributed by atoms with Crippen molar-refractivity contribution in [1.82, 2.24) is 25.8 Å². The van der Waals surface area contributed by atoms with Crippen molar-refractivity contribution in [3.8, 4) is 0 Å². The number of rotatable bonds is 9. The second-order valence-corrected chi connectivity index (χ2v) is 13.2. The second kappa shape index (κ2) is 13.2. The summed E-state index contributed by atoms with van der Waals surface area (Å²) in [7, 11) is 0. The number of Topliss-reactive ketones (excluding diaryl/α,β-unsaturated/α-hetero) is 1. The molecular formula is C35H41N5O5. The fraction of sp³-hybridized carbons (Fsp3) is 0.429. The molecule has 1 aliphatic heterocycles. The van der Waals surface area contributed by atoms with Crippen LogP contribution in [-0.2, 0) is 19.2 Å². The van der Waals surface area contributed by atoms with Crippen LogP contribution in [0.3, 0.4) is 0 Å². The highest BCUT2D eigenvalue weighted by atomic mass is 16.2. The lowest BCUT2D eigenvalue weighted by Gasteiger charge is -2.36. The van der Waals surface area contributed by atoms with Gasteiger partial charge in [0.1, 0.15) is 12.1 Å². The molecule has 5 atom stereocenters. The normalized spacial score (nSPS) is 20.6. The zero-order valence-electron chi connectivity index (χ0n) is 26.2. The number of carbonyl (C=O) groups is 5. The molecule has 2 aromatic carbocycles. The van der Waals surface area contributed by atoms with Gasteiger partial charge in [-0.05, 0) is 54.7 Å². The van der Waals surface area contributed by atoms with Gasteiger partial charge in [0, 0.05) is 18.1 Å². The van der Waals surface area contributed by atoms with Crippen molar-refractivity contribution in [2.75, 3.05) is 13.1 Å². The molecule has 10 heteroatoms. The van der Waals surface area contributed by atoms with Gasteiger partial charge in [0.15, 0.2) is 0 Å². The highest BCUT2D eigenvalue weighted by molar-refractivity contribution is 6.37. The number of amides is 4. The number of aromatic nitrogens is 1. The second-order valence-electron chi connectivity index (χ2n) is 13.2. The van der Waals surface area contributed by atoms with E-state index in [2.05, 4.69) is 20.9 Å². The number of pyridine rings is 1. The van der Waals surface area contributed by atoms with Gasteiger partial charge in [0.2, 0.25) is 17.6 Å².